The van der Waals surface area contributed by atoms with E-state index in [1.165, 1.54) is 10.4 Å². The van der Waals surface area contributed by atoms with Crippen LogP contribution >= 0.6 is 11.3 Å². The number of fused-ring (bicyclic) bond motifs is 1. The zero-order valence-corrected chi connectivity index (χ0v) is 14.1. The third-order valence-corrected chi connectivity index (χ3v) is 5.01. The van der Waals surface area contributed by atoms with Gasteiger partial charge in [0, 0.05) is 35.6 Å². The first-order valence-electron chi connectivity index (χ1n) is 7.73. The third-order valence-electron chi connectivity index (χ3n) is 3.99. The predicted molar refractivity (Wildman–Crippen MR) is 89.3 cm³/mol. The maximum absolute atomic E-state index is 4.81. The number of thiophene rings is 1. The van der Waals surface area contributed by atoms with Crippen molar-refractivity contribution >= 4 is 17.2 Å². The molecule has 0 bridgehead atoms. The Morgan fingerprint density at radius 2 is 1.95 bits per heavy atom. The lowest BCUT2D eigenvalue weighted by molar-refractivity contribution is 0.692. The van der Waals surface area contributed by atoms with E-state index in [0.29, 0.717) is 11.8 Å². The molecule has 1 aliphatic rings. The number of nitrogens with zero attached hydrogens (tertiary/aromatic N) is 3. The molecule has 21 heavy (non-hydrogen) atoms. The summed E-state index contributed by atoms with van der Waals surface area (Å²) in [5, 5.41) is 2.20. The van der Waals surface area contributed by atoms with Gasteiger partial charge in [0.1, 0.15) is 11.6 Å². The number of hydrogen-bond donors (Lipinski definition) is 0. The fraction of sp³-hybridized carbons (Fsp3) is 0.529. The van der Waals surface area contributed by atoms with Crippen molar-refractivity contribution in [3.63, 3.8) is 0 Å². The van der Waals surface area contributed by atoms with Gasteiger partial charge >= 0.3 is 0 Å². The van der Waals surface area contributed by atoms with Crippen LogP contribution in [-0.4, -0.2) is 16.5 Å². The maximum atomic E-state index is 4.81. The molecule has 0 N–H and O–H groups in total. The molecule has 112 valence electrons. The molecule has 0 fully saturated rings. The summed E-state index contributed by atoms with van der Waals surface area (Å²) in [6, 6.07) is 4.42. The summed E-state index contributed by atoms with van der Waals surface area (Å²) in [4.78, 5) is 13.5. The average molecular weight is 301 g/mol. The van der Waals surface area contributed by atoms with Crippen LogP contribution in [0.15, 0.2) is 17.5 Å². The van der Waals surface area contributed by atoms with Crippen molar-refractivity contribution in [1.29, 1.82) is 0 Å². The predicted octanol–water partition coefficient (Wildman–Crippen LogP) is 4.35. The second-order valence-electron chi connectivity index (χ2n) is 6.36. The van der Waals surface area contributed by atoms with Gasteiger partial charge in [-0.1, -0.05) is 27.7 Å². The molecule has 1 aliphatic heterocycles. The first-order chi connectivity index (χ1) is 10.0. The molecule has 0 aromatic carbocycles. The topological polar surface area (TPSA) is 29.0 Å². The van der Waals surface area contributed by atoms with E-state index in [-0.39, 0.29) is 0 Å². The molecule has 0 amide bonds. The fourth-order valence-corrected chi connectivity index (χ4v) is 3.52. The Morgan fingerprint density at radius 3 is 2.67 bits per heavy atom. The highest BCUT2D eigenvalue weighted by Gasteiger charge is 2.20. The highest BCUT2D eigenvalue weighted by Crippen LogP contribution is 2.28. The first-order valence-corrected chi connectivity index (χ1v) is 8.61. The molecule has 0 saturated carbocycles. The first kappa shape index (κ1) is 14.5. The molecule has 0 aliphatic carbocycles. The SMILES string of the molecule is CC(C)c1cc(N2CCc3sccc3C2)nc(C(C)C)n1. The van der Waals surface area contributed by atoms with Crippen LogP contribution in [0.3, 0.4) is 0 Å². The van der Waals surface area contributed by atoms with Crippen LogP contribution in [0.4, 0.5) is 5.82 Å². The molecule has 3 nitrogen and oxygen atoms in total. The van der Waals surface area contributed by atoms with Gasteiger partial charge in [-0.05, 0) is 29.3 Å². The Balaban J connectivity index is 1.95. The van der Waals surface area contributed by atoms with Gasteiger partial charge in [-0.3, -0.25) is 0 Å². The monoisotopic (exact) mass is 301 g/mol. The van der Waals surface area contributed by atoms with Crippen molar-refractivity contribution in [2.24, 2.45) is 0 Å². The summed E-state index contributed by atoms with van der Waals surface area (Å²) in [5.74, 6) is 2.86. The lowest BCUT2D eigenvalue weighted by atomic mass is 10.1. The Morgan fingerprint density at radius 1 is 1.14 bits per heavy atom. The van der Waals surface area contributed by atoms with Crippen molar-refractivity contribution in [2.45, 2.75) is 52.5 Å². The van der Waals surface area contributed by atoms with Crippen LogP contribution in [0.5, 0.6) is 0 Å². The molecule has 4 heteroatoms. The van der Waals surface area contributed by atoms with E-state index in [1.807, 2.05) is 11.3 Å². The van der Waals surface area contributed by atoms with Crippen LogP contribution in [0, 0.1) is 0 Å². The van der Waals surface area contributed by atoms with Gasteiger partial charge in [-0.2, -0.15) is 0 Å². The minimum absolute atomic E-state index is 0.365. The molecule has 0 spiro atoms. The van der Waals surface area contributed by atoms with Crippen molar-refractivity contribution < 1.29 is 0 Å². The van der Waals surface area contributed by atoms with Crippen molar-refractivity contribution in [2.75, 3.05) is 11.4 Å². The Hall–Kier alpha value is -1.42. The van der Waals surface area contributed by atoms with Gasteiger partial charge in [0.15, 0.2) is 0 Å². The normalized spacial score (nSPS) is 14.9. The number of anilines is 1. The number of hydrogen-bond acceptors (Lipinski definition) is 4. The summed E-state index contributed by atoms with van der Waals surface area (Å²) >= 11 is 1.88. The largest absolute Gasteiger partial charge is 0.352 e. The van der Waals surface area contributed by atoms with Crippen LogP contribution < -0.4 is 4.90 Å². The van der Waals surface area contributed by atoms with E-state index < -0.39 is 0 Å². The molecule has 0 saturated heterocycles. The maximum Gasteiger partial charge on any atom is 0.133 e. The van der Waals surface area contributed by atoms with E-state index in [2.05, 4.69) is 50.1 Å². The van der Waals surface area contributed by atoms with E-state index in [4.69, 9.17) is 9.97 Å². The zero-order valence-electron chi connectivity index (χ0n) is 13.3. The van der Waals surface area contributed by atoms with E-state index in [1.54, 1.807) is 0 Å². The second-order valence-corrected chi connectivity index (χ2v) is 7.36. The fourth-order valence-electron chi connectivity index (χ4n) is 2.63. The lowest BCUT2D eigenvalue weighted by Crippen LogP contribution is -2.30. The molecule has 3 heterocycles. The second kappa shape index (κ2) is 5.76. The third kappa shape index (κ3) is 2.95. The average Bonchev–Trinajstić information content (AvgIpc) is 2.94. The zero-order chi connectivity index (χ0) is 15.0. The molecular formula is C17H23N3S. The van der Waals surface area contributed by atoms with Gasteiger partial charge in [0.2, 0.25) is 0 Å². The Labute approximate surface area is 131 Å². The molecule has 2 aromatic rings. The summed E-state index contributed by atoms with van der Waals surface area (Å²) < 4.78 is 0. The molecule has 0 radical (unpaired) electrons. The smallest absolute Gasteiger partial charge is 0.133 e. The highest BCUT2D eigenvalue weighted by molar-refractivity contribution is 7.10. The van der Waals surface area contributed by atoms with Crippen LogP contribution in [-0.2, 0) is 13.0 Å². The van der Waals surface area contributed by atoms with Crippen LogP contribution in [0.25, 0.3) is 0 Å². The van der Waals surface area contributed by atoms with E-state index in [0.717, 1.165) is 36.8 Å². The molecule has 0 unspecified atom stereocenters. The van der Waals surface area contributed by atoms with Gasteiger partial charge < -0.3 is 4.90 Å². The van der Waals surface area contributed by atoms with Crippen LogP contribution in [0.1, 0.15) is 61.5 Å². The molecule has 3 rings (SSSR count). The van der Waals surface area contributed by atoms with Crippen molar-refractivity contribution in [3.8, 4) is 0 Å². The van der Waals surface area contributed by atoms with Gasteiger partial charge in [0.05, 0.1) is 0 Å². The van der Waals surface area contributed by atoms with Crippen molar-refractivity contribution in [3.05, 3.63) is 39.5 Å². The van der Waals surface area contributed by atoms with Gasteiger partial charge in [0.25, 0.3) is 0 Å². The van der Waals surface area contributed by atoms with E-state index in [9.17, 15) is 0 Å². The van der Waals surface area contributed by atoms with Gasteiger partial charge in [-0.15, -0.1) is 11.3 Å². The quantitative estimate of drug-likeness (QED) is 0.844. The standard InChI is InChI=1S/C17H23N3S/c1-11(2)14-9-16(19-17(18-14)12(3)4)20-7-5-15-13(10-20)6-8-21-15/h6,8-9,11-12H,5,7,10H2,1-4H3. The molecule has 2 aromatic heterocycles. The summed E-state index contributed by atoms with van der Waals surface area (Å²) in [6.07, 6.45) is 1.13. The summed E-state index contributed by atoms with van der Waals surface area (Å²) in [5.41, 5.74) is 2.61. The van der Waals surface area contributed by atoms with Crippen molar-refractivity contribution in [1.82, 2.24) is 9.97 Å². The number of aromatic nitrogens is 2. The molecular weight excluding hydrogens is 278 g/mol. The van der Waals surface area contributed by atoms with Gasteiger partial charge in [-0.25, -0.2) is 9.97 Å². The Bertz CT molecular complexity index is 604. The molecule has 0 atom stereocenters. The lowest BCUT2D eigenvalue weighted by Gasteiger charge is -2.29. The highest BCUT2D eigenvalue weighted by atomic mass is 32.1. The summed E-state index contributed by atoms with van der Waals surface area (Å²) in [6.45, 7) is 10.8. The van der Waals surface area contributed by atoms with E-state index >= 15 is 0 Å². The minimum atomic E-state index is 0.365. The number of rotatable bonds is 3. The minimum Gasteiger partial charge on any atom is -0.352 e. The summed E-state index contributed by atoms with van der Waals surface area (Å²) in [7, 11) is 0. The Kier molecular flexibility index (Phi) is 3.98. The van der Waals surface area contributed by atoms with Crippen LogP contribution in [0.2, 0.25) is 0 Å².